The quantitative estimate of drug-likeness (QED) is 0.689. The van der Waals surface area contributed by atoms with Crippen molar-refractivity contribution in [2.24, 2.45) is 5.41 Å². The summed E-state index contributed by atoms with van der Waals surface area (Å²) in [6.07, 6.45) is 0. The summed E-state index contributed by atoms with van der Waals surface area (Å²) in [5, 5.41) is 0. The molecule has 0 bridgehead atoms. The van der Waals surface area contributed by atoms with Gasteiger partial charge in [-0.15, -0.1) is 0 Å². The molecular formula is C13H26N2. The molecule has 0 saturated carbocycles. The zero-order valence-corrected chi connectivity index (χ0v) is 11.2. The number of hydrogen-bond donors (Lipinski definition) is 0. The average Bonchev–Trinajstić information content (AvgIpc) is 2.28. The Kier molecular flexibility index (Phi) is 2.44. The zero-order chi connectivity index (χ0) is 11.4. The van der Waals surface area contributed by atoms with Crippen LogP contribution in [0, 0.1) is 5.41 Å². The second kappa shape index (κ2) is 3.21. The van der Waals surface area contributed by atoms with Gasteiger partial charge in [-0.1, -0.05) is 6.92 Å². The van der Waals surface area contributed by atoms with Gasteiger partial charge < -0.3 is 0 Å². The Balaban J connectivity index is 2.17. The summed E-state index contributed by atoms with van der Waals surface area (Å²) in [6, 6.07) is 1.38. The maximum Gasteiger partial charge on any atom is 0.0389 e. The molecule has 2 fully saturated rings. The summed E-state index contributed by atoms with van der Waals surface area (Å²) in [5.74, 6) is 0. The van der Waals surface area contributed by atoms with Crippen LogP contribution in [0.15, 0.2) is 0 Å². The molecule has 2 rings (SSSR count). The first-order valence-electron chi connectivity index (χ1n) is 6.31. The first kappa shape index (κ1) is 11.4. The lowest BCUT2D eigenvalue weighted by Crippen LogP contribution is -2.73. The van der Waals surface area contributed by atoms with Gasteiger partial charge in [0.15, 0.2) is 0 Å². The summed E-state index contributed by atoms with van der Waals surface area (Å²) >= 11 is 0. The highest BCUT2D eigenvalue weighted by atomic mass is 15.4. The largest absolute Gasteiger partial charge is 0.298 e. The molecule has 2 nitrogen and oxygen atoms in total. The van der Waals surface area contributed by atoms with Gasteiger partial charge in [-0.25, -0.2) is 0 Å². The molecule has 0 N–H and O–H groups in total. The second-order valence-corrected chi connectivity index (χ2v) is 6.55. The van der Waals surface area contributed by atoms with Crippen LogP contribution < -0.4 is 0 Å². The van der Waals surface area contributed by atoms with Crippen LogP contribution in [0.2, 0.25) is 0 Å². The predicted octanol–water partition coefficient (Wildman–Crippen LogP) is 2.20. The van der Waals surface area contributed by atoms with Crippen LogP contribution in [0.3, 0.4) is 0 Å². The molecule has 0 aromatic heterocycles. The molecule has 2 atom stereocenters. The summed E-state index contributed by atoms with van der Waals surface area (Å²) in [4.78, 5) is 5.32. The molecule has 0 aliphatic carbocycles. The van der Waals surface area contributed by atoms with Gasteiger partial charge in [0.25, 0.3) is 0 Å². The third kappa shape index (κ3) is 1.38. The topological polar surface area (TPSA) is 6.48 Å². The molecule has 2 saturated heterocycles. The Labute approximate surface area is 94.6 Å². The molecule has 0 aromatic rings. The van der Waals surface area contributed by atoms with E-state index in [9.17, 15) is 0 Å². The van der Waals surface area contributed by atoms with Gasteiger partial charge in [0.1, 0.15) is 0 Å². The first-order chi connectivity index (χ1) is 6.80. The van der Waals surface area contributed by atoms with Crippen molar-refractivity contribution < 1.29 is 0 Å². The van der Waals surface area contributed by atoms with Crippen molar-refractivity contribution >= 4 is 0 Å². The molecule has 0 unspecified atom stereocenters. The molecule has 2 aliphatic rings. The summed E-state index contributed by atoms with van der Waals surface area (Å²) in [6.45, 7) is 18.0. The highest BCUT2D eigenvalue weighted by Crippen LogP contribution is 2.53. The Morgan fingerprint density at radius 3 is 1.93 bits per heavy atom. The number of nitrogens with zero attached hydrogens (tertiary/aromatic N) is 2. The van der Waals surface area contributed by atoms with Crippen LogP contribution in [-0.4, -0.2) is 47.1 Å². The van der Waals surface area contributed by atoms with E-state index in [2.05, 4.69) is 51.3 Å². The standard InChI is InChI=1S/C13H26N2/c1-10(2)14-7-12(5)8-15(11(3)4)13(12,6)9-14/h10-11H,7-9H2,1-6H3/t12-,13-/m1/s1. The van der Waals surface area contributed by atoms with Gasteiger partial charge in [0.2, 0.25) is 0 Å². The summed E-state index contributed by atoms with van der Waals surface area (Å²) < 4.78 is 0. The van der Waals surface area contributed by atoms with Crippen molar-refractivity contribution in [1.82, 2.24) is 9.80 Å². The predicted molar refractivity (Wildman–Crippen MR) is 65.1 cm³/mol. The minimum absolute atomic E-state index is 0.422. The summed E-state index contributed by atoms with van der Waals surface area (Å²) in [7, 11) is 0. The van der Waals surface area contributed by atoms with Gasteiger partial charge >= 0.3 is 0 Å². The maximum absolute atomic E-state index is 2.68. The van der Waals surface area contributed by atoms with Crippen LogP contribution in [0.25, 0.3) is 0 Å². The van der Waals surface area contributed by atoms with Crippen molar-refractivity contribution in [3.63, 3.8) is 0 Å². The van der Waals surface area contributed by atoms with Crippen molar-refractivity contribution in [2.45, 2.75) is 59.2 Å². The Hall–Kier alpha value is -0.0800. The van der Waals surface area contributed by atoms with E-state index in [1.54, 1.807) is 0 Å². The van der Waals surface area contributed by atoms with Crippen molar-refractivity contribution in [3.05, 3.63) is 0 Å². The SMILES string of the molecule is CC(C)N1C[C@]2(C)CN(C(C)C)[C@]2(C)C1. The van der Waals surface area contributed by atoms with Crippen molar-refractivity contribution in [1.29, 1.82) is 0 Å². The number of hydrogen-bond acceptors (Lipinski definition) is 2. The molecular weight excluding hydrogens is 184 g/mol. The van der Waals surface area contributed by atoms with Gasteiger partial charge in [-0.2, -0.15) is 0 Å². The van der Waals surface area contributed by atoms with Crippen LogP contribution in [0.4, 0.5) is 0 Å². The fourth-order valence-electron chi connectivity index (χ4n) is 3.50. The Bertz CT molecular complexity index is 261. The third-order valence-electron chi connectivity index (χ3n) is 4.87. The Morgan fingerprint density at radius 1 is 0.867 bits per heavy atom. The molecule has 0 spiro atoms. The minimum Gasteiger partial charge on any atom is -0.298 e. The molecule has 2 heteroatoms. The van der Waals surface area contributed by atoms with Crippen LogP contribution in [-0.2, 0) is 0 Å². The fraction of sp³-hybridized carbons (Fsp3) is 1.00. The highest BCUT2D eigenvalue weighted by Gasteiger charge is 2.63. The molecule has 0 radical (unpaired) electrons. The van der Waals surface area contributed by atoms with Gasteiger partial charge in [-0.3, -0.25) is 9.80 Å². The van der Waals surface area contributed by atoms with E-state index in [1.807, 2.05) is 0 Å². The molecule has 88 valence electrons. The Morgan fingerprint density at radius 2 is 1.47 bits per heavy atom. The fourth-order valence-corrected chi connectivity index (χ4v) is 3.50. The average molecular weight is 210 g/mol. The number of rotatable bonds is 2. The van der Waals surface area contributed by atoms with E-state index in [-0.39, 0.29) is 0 Å². The molecule has 2 heterocycles. The van der Waals surface area contributed by atoms with E-state index in [0.717, 1.165) is 0 Å². The smallest absolute Gasteiger partial charge is 0.0389 e. The van der Waals surface area contributed by atoms with Crippen LogP contribution in [0.1, 0.15) is 41.5 Å². The second-order valence-electron chi connectivity index (χ2n) is 6.55. The molecule has 0 aromatic carbocycles. The van der Waals surface area contributed by atoms with Crippen molar-refractivity contribution in [3.8, 4) is 0 Å². The zero-order valence-electron chi connectivity index (χ0n) is 11.2. The number of likely N-dealkylation sites (tertiary alicyclic amines) is 2. The molecule has 0 amide bonds. The normalized spacial score (nSPS) is 42.4. The lowest BCUT2D eigenvalue weighted by molar-refractivity contribution is -0.121. The van der Waals surface area contributed by atoms with E-state index >= 15 is 0 Å². The van der Waals surface area contributed by atoms with Gasteiger partial charge in [0.05, 0.1) is 0 Å². The van der Waals surface area contributed by atoms with E-state index in [4.69, 9.17) is 0 Å². The number of fused-ring (bicyclic) bond motifs is 1. The first-order valence-corrected chi connectivity index (χ1v) is 6.31. The van der Waals surface area contributed by atoms with Gasteiger partial charge in [-0.05, 0) is 34.6 Å². The van der Waals surface area contributed by atoms with E-state index in [0.29, 0.717) is 23.0 Å². The third-order valence-corrected chi connectivity index (χ3v) is 4.87. The van der Waals surface area contributed by atoms with Crippen LogP contribution >= 0.6 is 0 Å². The maximum atomic E-state index is 2.68. The minimum atomic E-state index is 0.422. The molecule has 2 aliphatic heterocycles. The van der Waals surface area contributed by atoms with Crippen molar-refractivity contribution in [2.75, 3.05) is 19.6 Å². The lowest BCUT2D eigenvalue weighted by Gasteiger charge is -2.62. The monoisotopic (exact) mass is 210 g/mol. The van der Waals surface area contributed by atoms with E-state index in [1.165, 1.54) is 19.6 Å². The lowest BCUT2D eigenvalue weighted by atomic mass is 9.65. The summed E-state index contributed by atoms with van der Waals surface area (Å²) in [5.41, 5.74) is 0.951. The highest BCUT2D eigenvalue weighted by molar-refractivity contribution is 5.19. The van der Waals surface area contributed by atoms with Crippen LogP contribution in [0.5, 0.6) is 0 Å². The molecule has 15 heavy (non-hydrogen) atoms. The van der Waals surface area contributed by atoms with Gasteiger partial charge in [0, 0.05) is 42.7 Å². The van der Waals surface area contributed by atoms with E-state index < -0.39 is 0 Å².